The van der Waals surface area contributed by atoms with Gasteiger partial charge in [-0.25, -0.2) is 13.1 Å². The van der Waals surface area contributed by atoms with Gasteiger partial charge >= 0.3 is 18.5 Å². The van der Waals surface area contributed by atoms with Crippen molar-refractivity contribution in [3.8, 4) is 11.3 Å². The Morgan fingerprint density at radius 3 is 2.02 bits per heavy atom. The van der Waals surface area contributed by atoms with Crippen molar-refractivity contribution in [3.63, 3.8) is 0 Å². The Hall–Kier alpha value is -2.79. The zero-order valence-electron chi connectivity index (χ0n) is 23.4. The molecule has 2 heterocycles. The van der Waals surface area contributed by atoms with Crippen LogP contribution in [0.4, 0.5) is 39.5 Å². The first-order valence-corrected chi connectivity index (χ1v) is 14.4. The van der Waals surface area contributed by atoms with Crippen LogP contribution < -0.4 is 10.0 Å². The molecule has 0 saturated carbocycles. The van der Waals surface area contributed by atoms with E-state index in [-0.39, 0.29) is 11.3 Å². The summed E-state index contributed by atoms with van der Waals surface area (Å²) in [5.41, 5.74) is -4.75. The summed E-state index contributed by atoms with van der Waals surface area (Å²) >= 11 is 0. The Morgan fingerprint density at radius 1 is 0.977 bits per heavy atom. The molecule has 0 bridgehead atoms. The van der Waals surface area contributed by atoms with Crippen LogP contribution in [0.2, 0.25) is 0 Å². The molecule has 1 aliphatic heterocycles. The van der Waals surface area contributed by atoms with E-state index >= 15 is 0 Å². The molecule has 0 aliphatic carbocycles. The molecule has 1 aliphatic rings. The molecule has 43 heavy (non-hydrogen) atoms. The second-order valence-corrected chi connectivity index (χ2v) is 12.9. The van der Waals surface area contributed by atoms with Crippen LogP contribution in [0.1, 0.15) is 55.2 Å². The van der Waals surface area contributed by atoms with Gasteiger partial charge in [0, 0.05) is 42.7 Å². The van der Waals surface area contributed by atoms with E-state index < -0.39 is 80.2 Å². The number of ether oxygens (including phenoxy) is 1. The van der Waals surface area contributed by atoms with Crippen LogP contribution in [0.15, 0.2) is 29.2 Å². The lowest BCUT2D eigenvalue weighted by atomic mass is 10.1. The van der Waals surface area contributed by atoms with Gasteiger partial charge in [0.05, 0.1) is 16.0 Å². The third kappa shape index (κ3) is 8.44. The number of nitrogens with one attached hydrogen (secondary N) is 2. The van der Waals surface area contributed by atoms with Gasteiger partial charge in [0.25, 0.3) is 5.91 Å². The van der Waals surface area contributed by atoms with Crippen LogP contribution in [-0.2, 0) is 27.5 Å². The van der Waals surface area contributed by atoms with Crippen LogP contribution in [0.5, 0.6) is 0 Å². The predicted octanol–water partition coefficient (Wildman–Crippen LogP) is 6.21. The maximum absolute atomic E-state index is 14.1. The molecule has 2 aromatic rings. The highest BCUT2D eigenvalue weighted by Gasteiger charge is 2.57. The maximum atomic E-state index is 14.1. The average Bonchev–Trinajstić information content (AvgIpc) is 3.15. The summed E-state index contributed by atoms with van der Waals surface area (Å²) in [5.74, 6) is -4.78. The number of rotatable bonds is 7. The van der Waals surface area contributed by atoms with Crippen LogP contribution in [0.25, 0.3) is 11.3 Å². The number of carbonyl (C=O) groups excluding carboxylic acids is 1. The summed E-state index contributed by atoms with van der Waals surface area (Å²) < 4.78 is 157. The summed E-state index contributed by atoms with van der Waals surface area (Å²) in [6.45, 7) is 4.02. The first kappa shape index (κ1) is 34.7. The molecule has 3 rings (SSSR count). The number of aromatic nitrogens is 1. The molecule has 1 fully saturated rings. The zero-order chi connectivity index (χ0) is 32.8. The number of carbonyl (C=O) groups is 1. The lowest BCUT2D eigenvalue weighted by Crippen LogP contribution is -2.41. The predicted molar refractivity (Wildman–Crippen MR) is 137 cm³/mol. The smallest absolute Gasteiger partial charge is 0.381 e. The molecule has 0 radical (unpaired) electrons. The minimum absolute atomic E-state index is 0.300. The molecule has 0 atom stereocenters. The molecule has 7 nitrogen and oxygen atoms in total. The lowest BCUT2D eigenvalue weighted by molar-refractivity contribution is -0.287. The number of alkyl halides is 9. The van der Waals surface area contributed by atoms with Crippen molar-refractivity contribution < 1.29 is 57.5 Å². The second kappa shape index (κ2) is 12.0. The van der Waals surface area contributed by atoms with Crippen molar-refractivity contribution in [3.05, 3.63) is 41.1 Å². The molecule has 1 aromatic carbocycles. The molecule has 0 spiro atoms. The first-order valence-electron chi connectivity index (χ1n) is 12.9. The molecular formula is C26H30F9N3O4S. The average molecular weight is 652 g/mol. The van der Waals surface area contributed by atoms with Gasteiger partial charge < -0.3 is 14.6 Å². The Morgan fingerprint density at radius 2 is 1.53 bits per heavy atom. The fraction of sp³-hybridized carbons (Fsp3) is 0.577. The summed E-state index contributed by atoms with van der Waals surface area (Å²) in [6, 6.07) is 2.19. The minimum atomic E-state index is -5.79. The van der Waals surface area contributed by atoms with Crippen LogP contribution in [-0.4, -0.2) is 56.0 Å². The number of hydrogen-bond donors (Lipinski definition) is 2. The molecule has 1 aromatic heterocycles. The van der Waals surface area contributed by atoms with Crippen molar-refractivity contribution in [2.75, 3.05) is 13.2 Å². The van der Waals surface area contributed by atoms with Crippen LogP contribution in [0.3, 0.4) is 0 Å². The normalized spacial score (nSPS) is 16.1. The molecule has 0 unspecified atom stereocenters. The standard InChI is InChI=1S/C26H30F9N3O4S/c1-14-17(22(39)36-16-7-9-42-10-8-16)12-19(38(14)13-21(25(30,31)32)26(33,34)35)15-5-6-20(18(11-15)24(27,28)29)43(40,41)37-23(2,3)4/h5-6,11-12,16,21,37H,7-10,13H2,1-4H3,(H,36,39). The van der Waals surface area contributed by atoms with Gasteiger partial charge in [0.15, 0.2) is 5.92 Å². The molecule has 2 N–H and O–H groups in total. The molecule has 242 valence electrons. The van der Waals surface area contributed by atoms with Gasteiger partial charge in [-0.1, -0.05) is 6.07 Å². The number of nitrogens with zero attached hydrogens (tertiary/aromatic N) is 1. The van der Waals surface area contributed by atoms with Crippen LogP contribution >= 0.6 is 0 Å². The first-order chi connectivity index (χ1) is 19.4. The highest BCUT2D eigenvalue weighted by Crippen LogP contribution is 2.43. The van der Waals surface area contributed by atoms with Crippen molar-refractivity contribution in [1.82, 2.24) is 14.6 Å². The highest BCUT2D eigenvalue weighted by atomic mass is 32.2. The van der Waals surface area contributed by atoms with Gasteiger partial charge in [-0.2, -0.15) is 39.5 Å². The zero-order valence-corrected chi connectivity index (χ0v) is 24.2. The fourth-order valence-electron chi connectivity index (χ4n) is 4.63. The third-order valence-electron chi connectivity index (χ3n) is 6.63. The number of hydrogen-bond acceptors (Lipinski definition) is 4. The number of benzene rings is 1. The van der Waals surface area contributed by atoms with E-state index in [1.54, 1.807) is 0 Å². The van der Waals surface area contributed by atoms with Gasteiger partial charge in [-0.3, -0.25) is 4.79 Å². The number of sulfonamides is 1. The Labute approximate surface area is 241 Å². The topological polar surface area (TPSA) is 89.4 Å². The van der Waals surface area contributed by atoms with Crippen molar-refractivity contribution in [2.24, 2.45) is 5.92 Å². The van der Waals surface area contributed by atoms with Gasteiger partial charge in [0.2, 0.25) is 10.0 Å². The van der Waals surface area contributed by atoms with Crippen molar-refractivity contribution in [2.45, 2.75) is 82.1 Å². The van der Waals surface area contributed by atoms with Gasteiger partial charge in [0.1, 0.15) is 0 Å². The summed E-state index contributed by atoms with van der Waals surface area (Å²) in [4.78, 5) is 11.9. The van der Waals surface area contributed by atoms with E-state index in [4.69, 9.17) is 4.74 Å². The van der Waals surface area contributed by atoms with E-state index in [1.807, 2.05) is 0 Å². The minimum Gasteiger partial charge on any atom is -0.381 e. The third-order valence-corrected chi connectivity index (χ3v) is 8.45. The largest absolute Gasteiger partial charge is 0.417 e. The summed E-state index contributed by atoms with van der Waals surface area (Å²) in [5, 5.41) is 2.62. The quantitative estimate of drug-likeness (QED) is 0.349. The van der Waals surface area contributed by atoms with Gasteiger partial charge in [-0.15, -0.1) is 0 Å². The summed E-state index contributed by atoms with van der Waals surface area (Å²) in [7, 11) is -4.78. The van der Waals surface area contributed by atoms with E-state index in [0.717, 1.165) is 19.1 Å². The Kier molecular flexibility index (Phi) is 9.64. The molecule has 17 heteroatoms. The molecule has 1 amide bonds. The van der Waals surface area contributed by atoms with E-state index in [9.17, 15) is 52.7 Å². The highest BCUT2D eigenvalue weighted by molar-refractivity contribution is 7.89. The van der Waals surface area contributed by atoms with E-state index in [0.29, 0.717) is 42.8 Å². The SMILES string of the molecule is Cc1c(C(=O)NC2CCOCC2)cc(-c2ccc(S(=O)(=O)NC(C)(C)C)c(C(F)(F)F)c2)n1CC(C(F)(F)F)C(F)(F)F. The Bertz CT molecular complexity index is 1420. The number of halogens is 9. The Balaban J connectivity index is 2.23. The number of amides is 1. The maximum Gasteiger partial charge on any atom is 0.417 e. The van der Waals surface area contributed by atoms with Gasteiger partial charge in [-0.05, 0) is 64.3 Å². The fourth-order valence-corrected chi connectivity index (χ4v) is 6.26. The van der Waals surface area contributed by atoms with Crippen LogP contribution in [0, 0.1) is 12.8 Å². The molecule has 1 saturated heterocycles. The summed E-state index contributed by atoms with van der Waals surface area (Å²) in [6.07, 6.45) is -16.1. The van der Waals surface area contributed by atoms with Crippen molar-refractivity contribution in [1.29, 1.82) is 0 Å². The van der Waals surface area contributed by atoms with E-state index in [2.05, 4.69) is 10.0 Å². The monoisotopic (exact) mass is 651 g/mol. The van der Waals surface area contributed by atoms with E-state index in [1.165, 1.54) is 20.8 Å². The lowest BCUT2D eigenvalue weighted by Gasteiger charge is -2.26. The second-order valence-electron chi connectivity index (χ2n) is 11.2. The molecular weight excluding hydrogens is 621 g/mol. The van der Waals surface area contributed by atoms with Crippen molar-refractivity contribution >= 4 is 15.9 Å².